The van der Waals surface area contributed by atoms with Crippen molar-refractivity contribution in [3.8, 4) is 0 Å². The van der Waals surface area contributed by atoms with Gasteiger partial charge in [-0.3, -0.25) is 9.89 Å². The number of thioether (sulfide) groups is 1. The number of esters is 1. The number of nitrogens with one attached hydrogen (secondary N) is 1. The minimum atomic E-state index is -0.271. The Morgan fingerprint density at radius 1 is 1.53 bits per heavy atom. The van der Waals surface area contributed by atoms with Crippen LogP contribution in [-0.2, 0) is 9.53 Å². The highest BCUT2D eigenvalue weighted by atomic mass is 32.2. The second kappa shape index (κ2) is 5.53. The molecule has 0 saturated heterocycles. The standard InChI is InChI=1S/C11H17N3O2S/c1-7(10(15)16-2)17-11-12-9(13-14-11)8-5-3-4-6-8/h7-8H,3-6H2,1-2H3,(H,12,13,14). The van der Waals surface area contributed by atoms with Crippen LogP contribution < -0.4 is 0 Å². The van der Waals surface area contributed by atoms with Crippen LogP contribution in [-0.4, -0.2) is 33.5 Å². The number of hydrogen-bond donors (Lipinski definition) is 1. The average Bonchev–Trinajstić information content (AvgIpc) is 2.97. The van der Waals surface area contributed by atoms with E-state index in [4.69, 9.17) is 0 Å². The second-order valence-electron chi connectivity index (χ2n) is 4.27. The first-order valence-electron chi connectivity index (χ1n) is 5.87. The van der Waals surface area contributed by atoms with Crippen LogP contribution in [0.25, 0.3) is 0 Å². The molecule has 6 heteroatoms. The fraction of sp³-hybridized carbons (Fsp3) is 0.727. The largest absolute Gasteiger partial charge is 0.468 e. The Morgan fingerprint density at radius 2 is 2.24 bits per heavy atom. The molecule has 1 aromatic heterocycles. The number of nitrogens with zero attached hydrogens (tertiary/aromatic N) is 2. The number of aromatic nitrogens is 3. The van der Waals surface area contributed by atoms with Crippen molar-refractivity contribution < 1.29 is 9.53 Å². The maximum Gasteiger partial charge on any atom is 0.318 e. The van der Waals surface area contributed by atoms with Gasteiger partial charge in [0.05, 0.1) is 7.11 Å². The lowest BCUT2D eigenvalue weighted by atomic mass is 10.1. The molecule has 0 bridgehead atoms. The molecule has 5 nitrogen and oxygen atoms in total. The van der Waals surface area contributed by atoms with Crippen molar-refractivity contribution in [1.29, 1.82) is 0 Å². The minimum Gasteiger partial charge on any atom is -0.468 e. The summed E-state index contributed by atoms with van der Waals surface area (Å²) >= 11 is 1.33. The lowest BCUT2D eigenvalue weighted by Crippen LogP contribution is -2.14. The summed E-state index contributed by atoms with van der Waals surface area (Å²) < 4.78 is 4.67. The Morgan fingerprint density at radius 3 is 2.88 bits per heavy atom. The normalized spacial score (nSPS) is 18.2. The number of methoxy groups -OCH3 is 1. The van der Waals surface area contributed by atoms with E-state index in [0.717, 1.165) is 5.82 Å². The lowest BCUT2D eigenvalue weighted by molar-refractivity contribution is -0.139. The van der Waals surface area contributed by atoms with Crippen molar-refractivity contribution in [3.63, 3.8) is 0 Å². The van der Waals surface area contributed by atoms with Crippen molar-refractivity contribution in [2.24, 2.45) is 0 Å². The molecule has 1 aliphatic rings. The van der Waals surface area contributed by atoms with E-state index in [2.05, 4.69) is 19.9 Å². The highest BCUT2D eigenvalue weighted by Gasteiger charge is 2.22. The molecular weight excluding hydrogens is 238 g/mol. The third kappa shape index (κ3) is 3.00. The summed E-state index contributed by atoms with van der Waals surface area (Å²) in [7, 11) is 1.39. The van der Waals surface area contributed by atoms with Crippen LogP contribution in [0.2, 0.25) is 0 Å². The Kier molecular flexibility index (Phi) is 4.04. The lowest BCUT2D eigenvalue weighted by Gasteiger charge is -2.05. The number of carbonyl (C=O) groups excluding carboxylic acids is 1. The molecule has 1 atom stereocenters. The monoisotopic (exact) mass is 255 g/mol. The zero-order valence-electron chi connectivity index (χ0n) is 10.1. The van der Waals surface area contributed by atoms with Gasteiger partial charge in [0.15, 0.2) is 0 Å². The topological polar surface area (TPSA) is 67.9 Å². The molecule has 1 aliphatic carbocycles. The molecule has 0 aliphatic heterocycles. The van der Waals surface area contributed by atoms with Gasteiger partial charge in [-0.05, 0) is 19.8 Å². The fourth-order valence-electron chi connectivity index (χ4n) is 2.06. The highest BCUT2D eigenvalue weighted by molar-refractivity contribution is 8.00. The van der Waals surface area contributed by atoms with Crippen LogP contribution in [0, 0.1) is 0 Å². The third-order valence-corrected chi connectivity index (χ3v) is 3.98. The summed E-state index contributed by atoms with van der Waals surface area (Å²) in [5.41, 5.74) is 0. The fourth-order valence-corrected chi connectivity index (χ4v) is 2.82. The van der Waals surface area contributed by atoms with Gasteiger partial charge in [-0.2, -0.15) is 0 Å². The number of aromatic amines is 1. The molecular formula is C11H17N3O2S. The van der Waals surface area contributed by atoms with Crippen LogP contribution in [0.5, 0.6) is 0 Å². The van der Waals surface area contributed by atoms with Crippen LogP contribution in [0.4, 0.5) is 0 Å². The Bertz CT molecular complexity index is 388. The zero-order chi connectivity index (χ0) is 12.3. The number of H-pyrrole nitrogens is 1. The average molecular weight is 255 g/mol. The number of rotatable bonds is 4. The van der Waals surface area contributed by atoms with Crippen molar-refractivity contribution >= 4 is 17.7 Å². The van der Waals surface area contributed by atoms with Crippen molar-refractivity contribution in [1.82, 2.24) is 15.2 Å². The predicted molar refractivity (Wildman–Crippen MR) is 64.9 cm³/mol. The Labute approximate surface area is 105 Å². The Balaban J connectivity index is 1.96. The maximum atomic E-state index is 11.3. The molecule has 0 aromatic carbocycles. The van der Waals surface area contributed by atoms with E-state index in [9.17, 15) is 4.79 Å². The van der Waals surface area contributed by atoms with Gasteiger partial charge in [0.2, 0.25) is 5.16 Å². The first kappa shape index (κ1) is 12.4. The molecule has 17 heavy (non-hydrogen) atoms. The molecule has 0 radical (unpaired) electrons. The summed E-state index contributed by atoms with van der Waals surface area (Å²) in [6.07, 6.45) is 4.91. The first-order valence-corrected chi connectivity index (χ1v) is 6.75. The quantitative estimate of drug-likeness (QED) is 0.659. The summed E-state index contributed by atoms with van der Waals surface area (Å²) in [6.45, 7) is 1.79. The molecule has 0 spiro atoms. The number of hydrogen-bond acceptors (Lipinski definition) is 5. The van der Waals surface area contributed by atoms with Gasteiger partial charge in [0, 0.05) is 5.92 Å². The predicted octanol–water partition coefficient (Wildman–Crippen LogP) is 2.12. The maximum absolute atomic E-state index is 11.3. The SMILES string of the molecule is COC(=O)C(C)Sc1n[nH]c(C2CCCC2)n1. The van der Waals surface area contributed by atoms with E-state index in [1.165, 1.54) is 44.6 Å². The van der Waals surface area contributed by atoms with E-state index in [0.29, 0.717) is 11.1 Å². The van der Waals surface area contributed by atoms with E-state index < -0.39 is 0 Å². The van der Waals surface area contributed by atoms with Crippen LogP contribution in [0.3, 0.4) is 0 Å². The van der Waals surface area contributed by atoms with E-state index in [1.54, 1.807) is 6.92 Å². The van der Waals surface area contributed by atoms with Gasteiger partial charge in [0.1, 0.15) is 11.1 Å². The van der Waals surface area contributed by atoms with Gasteiger partial charge < -0.3 is 4.74 Å². The molecule has 1 unspecified atom stereocenters. The van der Waals surface area contributed by atoms with Crippen molar-refractivity contribution in [2.45, 2.75) is 48.9 Å². The van der Waals surface area contributed by atoms with Gasteiger partial charge >= 0.3 is 5.97 Å². The van der Waals surface area contributed by atoms with Gasteiger partial charge in [-0.1, -0.05) is 24.6 Å². The van der Waals surface area contributed by atoms with Crippen molar-refractivity contribution in [3.05, 3.63) is 5.82 Å². The van der Waals surface area contributed by atoms with E-state index in [-0.39, 0.29) is 11.2 Å². The van der Waals surface area contributed by atoms with Gasteiger partial charge in [-0.25, -0.2) is 4.98 Å². The molecule has 1 saturated carbocycles. The van der Waals surface area contributed by atoms with Crippen LogP contribution >= 0.6 is 11.8 Å². The minimum absolute atomic E-state index is 0.248. The molecule has 94 valence electrons. The molecule has 0 amide bonds. The van der Waals surface area contributed by atoms with Crippen LogP contribution in [0.15, 0.2) is 5.16 Å². The van der Waals surface area contributed by atoms with Crippen molar-refractivity contribution in [2.75, 3.05) is 7.11 Å². The molecule has 1 heterocycles. The summed E-state index contributed by atoms with van der Waals surface area (Å²) in [5.74, 6) is 1.23. The second-order valence-corrected chi connectivity index (χ2v) is 5.58. The van der Waals surface area contributed by atoms with E-state index in [1.807, 2.05) is 0 Å². The molecule has 2 rings (SSSR count). The smallest absolute Gasteiger partial charge is 0.318 e. The first-order chi connectivity index (χ1) is 8.20. The summed E-state index contributed by atoms with van der Waals surface area (Å²) in [4.78, 5) is 15.7. The Hall–Kier alpha value is -1.04. The van der Waals surface area contributed by atoms with Crippen LogP contribution in [0.1, 0.15) is 44.3 Å². The van der Waals surface area contributed by atoms with Gasteiger partial charge in [0.25, 0.3) is 0 Å². The number of carbonyl (C=O) groups is 1. The molecule has 1 fully saturated rings. The zero-order valence-corrected chi connectivity index (χ0v) is 10.9. The summed E-state index contributed by atoms with van der Waals surface area (Å²) in [5, 5.41) is 7.47. The highest BCUT2D eigenvalue weighted by Crippen LogP contribution is 2.33. The number of ether oxygens (including phenoxy) is 1. The third-order valence-electron chi connectivity index (χ3n) is 3.04. The van der Waals surface area contributed by atoms with E-state index >= 15 is 0 Å². The molecule has 1 N–H and O–H groups in total. The molecule has 1 aromatic rings. The van der Waals surface area contributed by atoms with Gasteiger partial charge in [-0.15, -0.1) is 5.10 Å². The summed E-state index contributed by atoms with van der Waals surface area (Å²) in [6, 6.07) is 0.